The van der Waals surface area contributed by atoms with E-state index in [0.29, 0.717) is 6.04 Å². The van der Waals surface area contributed by atoms with Crippen molar-refractivity contribution in [3.8, 4) is 0 Å². The molecular weight excluding hydrogens is 160 g/mol. The topological polar surface area (TPSA) is 29.3 Å². The van der Waals surface area contributed by atoms with Crippen molar-refractivity contribution < 1.29 is 0 Å². The third-order valence-electron chi connectivity index (χ3n) is 3.76. The molecule has 76 valence electrons. The minimum absolute atomic E-state index is 0.516. The summed E-state index contributed by atoms with van der Waals surface area (Å²) in [5.74, 6) is 1.61. The molecule has 0 aromatic heterocycles. The molecule has 2 atom stereocenters. The summed E-state index contributed by atoms with van der Waals surface area (Å²) in [6, 6.07) is 0.516. The van der Waals surface area contributed by atoms with Gasteiger partial charge in [-0.05, 0) is 37.6 Å². The molecule has 13 heavy (non-hydrogen) atoms. The number of nitrogens with two attached hydrogens (primary N) is 1. The van der Waals surface area contributed by atoms with Crippen LogP contribution in [0.1, 0.15) is 32.6 Å². The molecule has 1 aliphatic carbocycles. The third-order valence-corrected chi connectivity index (χ3v) is 3.76. The highest BCUT2D eigenvalue weighted by atomic mass is 15.1. The standard InChI is InChI=1S/C11H22N2/c1-2-6-13-7-9-4-3-5-10(8-13)11(9)12/h9-11H,2-8,12H2,1H3/t9-,10-/m1/s1. The minimum atomic E-state index is 0.516. The molecule has 2 heteroatoms. The van der Waals surface area contributed by atoms with E-state index in [1.54, 1.807) is 0 Å². The fraction of sp³-hybridized carbons (Fsp3) is 1.00. The van der Waals surface area contributed by atoms with E-state index in [-0.39, 0.29) is 0 Å². The van der Waals surface area contributed by atoms with Gasteiger partial charge >= 0.3 is 0 Å². The van der Waals surface area contributed by atoms with Gasteiger partial charge < -0.3 is 10.6 Å². The number of piperidine rings is 1. The number of hydrogen-bond acceptors (Lipinski definition) is 2. The number of rotatable bonds is 2. The molecule has 1 saturated heterocycles. The lowest BCUT2D eigenvalue weighted by molar-refractivity contribution is 0.0640. The third kappa shape index (κ3) is 1.89. The maximum Gasteiger partial charge on any atom is 0.0120 e. The van der Waals surface area contributed by atoms with Crippen LogP contribution in [0.15, 0.2) is 0 Å². The Balaban J connectivity index is 1.95. The molecule has 0 aromatic carbocycles. The first kappa shape index (κ1) is 9.47. The van der Waals surface area contributed by atoms with Crippen LogP contribution in [0, 0.1) is 11.8 Å². The Hall–Kier alpha value is -0.0800. The van der Waals surface area contributed by atoms with Crippen LogP contribution in [-0.4, -0.2) is 30.6 Å². The Kier molecular flexibility index (Phi) is 2.89. The lowest BCUT2D eigenvalue weighted by Gasteiger charge is -2.45. The van der Waals surface area contributed by atoms with Crippen LogP contribution in [0.3, 0.4) is 0 Å². The van der Waals surface area contributed by atoms with Crippen LogP contribution >= 0.6 is 0 Å². The molecule has 2 aliphatic rings. The van der Waals surface area contributed by atoms with Gasteiger partial charge in [-0.1, -0.05) is 13.3 Å². The molecule has 0 spiro atoms. The zero-order valence-corrected chi connectivity index (χ0v) is 8.71. The van der Waals surface area contributed by atoms with E-state index in [0.717, 1.165) is 11.8 Å². The zero-order chi connectivity index (χ0) is 9.26. The van der Waals surface area contributed by atoms with E-state index < -0.39 is 0 Å². The summed E-state index contributed by atoms with van der Waals surface area (Å²) in [4.78, 5) is 2.62. The predicted molar refractivity (Wildman–Crippen MR) is 55.5 cm³/mol. The first-order valence-corrected chi connectivity index (χ1v) is 5.79. The molecule has 2 bridgehead atoms. The lowest BCUT2D eigenvalue weighted by Crippen LogP contribution is -2.55. The molecule has 0 unspecified atom stereocenters. The molecule has 0 amide bonds. The second-order valence-corrected chi connectivity index (χ2v) is 4.79. The van der Waals surface area contributed by atoms with Gasteiger partial charge in [0.25, 0.3) is 0 Å². The Morgan fingerprint density at radius 3 is 2.38 bits per heavy atom. The van der Waals surface area contributed by atoms with E-state index in [4.69, 9.17) is 5.73 Å². The second-order valence-electron chi connectivity index (χ2n) is 4.79. The molecule has 2 rings (SSSR count). The summed E-state index contributed by atoms with van der Waals surface area (Å²) < 4.78 is 0. The van der Waals surface area contributed by atoms with Crippen LogP contribution in [-0.2, 0) is 0 Å². The summed E-state index contributed by atoms with van der Waals surface area (Å²) in [7, 11) is 0. The summed E-state index contributed by atoms with van der Waals surface area (Å²) in [5, 5.41) is 0. The average Bonchev–Trinajstić information content (AvgIpc) is 2.07. The number of fused-ring (bicyclic) bond motifs is 2. The number of nitrogens with zero attached hydrogens (tertiary/aromatic N) is 1. The molecular formula is C11H22N2. The maximum absolute atomic E-state index is 6.22. The maximum atomic E-state index is 6.22. The lowest BCUT2D eigenvalue weighted by atomic mass is 9.74. The van der Waals surface area contributed by atoms with Crippen molar-refractivity contribution in [3.05, 3.63) is 0 Å². The molecule has 2 fully saturated rings. The quantitative estimate of drug-likeness (QED) is 0.700. The molecule has 1 aliphatic heterocycles. The van der Waals surface area contributed by atoms with Gasteiger partial charge in [0.15, 0.2) is 0 Å². The first-order chi connectivity index (χ1) is 6.31. The van der Waals surface area contributed by atoms with Crippen molar-refractivity contribution >= 4 is 0 Å². The van der Waals surface area contributed by atoms with Crippen molar-refractivity contribution in [1.82, 2.24) is 4.90 Å². The van der Waals surface area contributed by atoms with Crippen LogP contribution in [0.25, 0.3) is 0 Å². The number of hydrogen-bond donors (Lipinski definition) is 1. The number of likely N-dealkylation sites (tertiary alicyclic amines) is 1. The molecule has 1 heterocycles. The summed E-state index contributed by atoms with van der Waals surface area (Å²) in [6.45, 7) is 6.08. The Bertz CT molecular complexity index is 155. The monoisotopic (exact) mass is 182 g/mol. The molecule has 2 nitrogen and oxygen atoms in total. The summed E-state index contributed by atoms with van der Waals surface area (Å²) in [6.07, 6.45) is 5.45. The van der Waals surface area contributed by atoms with Gasteiger partial charge in [-0.3, -0.25) is 0 Å². The largest absolute Gasteiger partial charge is 0.327 e. The van der Waals surface area contributed by atoms with Crippen LogP contribution < -0.4 is 5.73 Å². The van der Waals surface area contributed by atoms with Gasteiger partial charge in [-0.2, -0.15) is 0 Å². The van der Waals surface area contributed by atoms with Gasteiger partial charge in [0, 0.05) is 19.1 Å². The van der Waals surface area contributed by atoms with E-state index in [1.807, 2.05) is 0 Å². The van der Waals surface area contributed by atoms with Crippen molar-refractivity contribution in [2.75, 3.05) is 19.6 Å². The van der Waals surface area contributed by atoms with E-state index in [9.17, 15) is 0 Å². The van der Waals surface area contributed by atoms with Crippen LogP contribution in [0.5, 0.6) is 0 Å². The highest BCUT2D eigenvalue weighted by molar-refractivity contribution is 4.92. The summed E-state index contributed by atoms with van der Waals surface area (Å²) >= 11 is 0. The highest BCUT2D eigenvalue weighted by Crippen LogP contribution is 2.33. The second kappa shape index (κ2) is 3.97. The Morgan fingerprint density at radius 1 is 1.23 bits per heavy atom. The molecule has 0 aromatic rings. The molecule has 0 radical (unpaired) electrons. The zero-order valence-electron chi connectivity index (χ0n) is 8.71. The van der Waals surface area contributed by atoms with Gasteiger partial charge in [-0.25, -0.2) is 0 Å². The smallest absolute Gasteiger partial charge is 0.0120 e. The van der Waals surface area contributed by atoms with Gasteiger partial charge in [-0.15, -0.1) is 0 Å². The minimum Gasteiger partial charge on any atom is -0.327 e. The fourth-order valence-corrected chi connectivity index (χ4v) is 3.07. The Labute approximate surface area is 81.5 Å². The average molecular weight is 182 g/mol. The fourth-order valence-electron chi connectivity index (χ4n) is 3.07. The van der Waals surface area contributed by atoms with E-state index in [2.05, 4.69) is 11.8 Å². The van der Waals surface area contributed by atoms with Gasteiger partial charge in [0.1, 0.15) is 0 Å². The van der Waals surface area contributed by atoms with Crippen molar-refractivity contribution in [2.45, 2.75) is 38.6 Å². The van der Waals surface area contributed by atoms with Gasteiger partial charge in [0.05, 0.1) is 0 Å². The molecule has 1 saturated carbocycles. The van der Waals surface area contributed by atoms with Crippen LogP contribution in [0.2, 0.25) is 0 Å². The van der Waals surface area contributed by atoms with Crippen molar-refractivity contribution in [3.63, 3.8) is 0 Å². The van der Waals surface area contributed by atoms with E-state index in [1.165, 1.54) is 45.3 Å². The van der Waals surface area contributed by atoms with Crippen molar-refractivity contribution in [1.29, 1.82) is 0 Å². The Morgan fingerprint density at radius 2 is 1.85 bits per heavy atom. The first-order valence-electron chi connectivity index (χ1n) is 5.79. The normalized spacial score (nSPS) is 40.6. The molecule has 2 N–H and O–H groups in total. The predicted octanol–water partition coefficient (Wildman–Crippen LogP) is 1.46. The van der Waals surface area contributed by atoms with Crippen LogP contribution in [0.4, 0.5) is 0 Å². The van der Waals surface area contributed by atoms with Gasteiger partial charge in [0.2, 0.25) is 0 Å². The highest BCUT2D eigenvalue weighted by Gasteiger charge is 2.36. The SMILES string of the molecule is CCCN1C[C@H]2CCC[C@H](C1)C2N. The van der Waals surface area contributed by atoms with E-state index >= 15 is 0 Å². The summed E-state index contributed by atoms with van der Waals surface area (Å²) in [5.41, 5.74) is 6.22. The van der Waals surface area contributed by atoms with Crippen molar-refractivity contribution in [2.24, 2.45) is 17.6 Å².